The van der Waals surface area contributed by atoms with Gasteiger partial charge < -0.3 is 10.00 Å². The predicted molar refractivity (Wildman–Crippen MR) is 73.3 cm³/mol. The third kappa shape index (κ3) is 10.0. The maximum absolute atomic E-state index is 12.1. The summed E-state index contributed by atoms with van der Waals surface area (Å²) in [6, 6.07) is 0. The van der Waals surface area contributed by atoms with Crippen LogP contribution in [0.5, 0.6) is 0 Å². The second-order valence-corrected chi connectivity index (χ2v) is 7.19. The fourth-order valence-corrected chi connectivity index (χ4v) is 3.86. The summed E-state index contributed by atoms with van der Waals surface area (Å²) in [6.07, 6.45) is 1.91. The van der Waals surface area contributed by atoms with Crippen molar-refractivity contribution in [2.24, 2.45) is 0 Å². The Kier molecular flexibility index (Phi) is 11.0. The molecule has 0 aromatic rings. The fourth-order valence-electron chi connectivity index (χ4n) is 1.03. The highest BCUT2D eigenvalue weighted by atomic mass is 31.3. The van der Waals surface area contributed by atoms with Gasteiger partial charge in [-0.1, -0.05) is 13.8 Å². The molecular formula is C10H24O8P2. The molecule has 0 amide bonds. The molecule has 0 radical (unpaired) electrons. The Labute approximate surface area is 119 Å². The molecule has 0 aliphatic heterocycles. The quantitative estimate of drug-likeness (QED) is 0.391. The highest BCUT2D eigenvalue weighted by Crippen LogP contribution is 2.63. The summed E-state index contributed by atoms with van der Waals surface area (Å²) in [5.41, 5.74) is 0. The predicted octanol–water partition coefficient (Wildman–Crippen LogP) is 2.85. The number of rotatable bonds is 13. The van der Waals surface area contributed by atoms with Gasteiger partial charge in [0.2, 0.25) is 0 Å². The van der Waals surface area contributed by atoms with E-state index in [0.29, 0.717) is 25.7 Å². The van der Waals surface area contributed by atoms with Crippen LogP contribution in [-0.4, -0.2) is 36.4 Å². The van der Waals surface area contributed by atoms with Crippen molar-refractivity contribution in [1.82, 2.24) is 0 Å². The molecule has 0 saturated carbocycles. The van der Waals surface area contributed by atoms with Crippen LogP contribution in [0.25, 0.3) is 0 Å². The summed E-state index contributed by atoms with van der Waals surface area (Å²) in [5, 5.41) is 8.57. The molecule has 0 aliphatic carbocycles. The zero-order chi connectivity index (χ0) is 15.5. The standard InChI is InChI=1S/C10H24O8P2/c1-3-8-16-20(14,17-9-4-2)18-19(12,13)15-10-6-5-7-11/h11H,3-10H2,1-2H3,(H,12,13). The van der Waals surface area contributed by atoms with E-state index in [0.717, 1.165) is 0 Å². The summed E-state index contributed by atoms with van der Waals surface area (Å²) in [7, 11) is -8.65. The van der Waals surface area contributed by atoms with Crippen molar-refractivity contribution >= 4 is 15.6 Å². The third-order valence-electron chi connectivity index (χ3n) is 1.92. The van der Waals surface area contributed by atoms with Gasteiger partial charge in [-0.2, -0.15) is 4.31 Å². The minimum absolute atomic E-state index is 0.0440. The van der Waals surface area contributed by atoms with E-state index in [2.05, 4.69) is 8.83 Å². The molecule has 20 heavy (non-hydrogen) atoms. The Balaban J connectivity index is 4.44. The van der Waals surface area contributed by atoms with E-state index < -0.39 is 15.6 Å². The first-order chi connectivity index (χ1) is 9.39. The van der Waals surface area contributed by atoms with E-state index in [4.69, 9.17) is 14.2 Å². The lowest BCUT2D eigenvalue weighted by Crippen LogP contribution is -2.03. The molecular weight excluding hydrogens is 310 g/mol. The van der Waals surface area contributed by atoms with Crippen LogP contribution in [0.3, 0.4) is 0 Å². The number of hydrogen-bond donors (Lipinski definition) is 2. The Morgan fingerprint density at radius 3 is 1.90 bits per heavy atom. The second-order valence-electron chi connectivity index (χ2n) is 3.93. The summed E-state index contributed by atoms with van der Waals surface area (Å²) in [5.74, 6) is 0. The van der Waals surface area contributed by atoms with Gasteiger partial charge in [0.15, 0.2) is 0 Å². The average Bonchev–Trinajstić information content (AvgIpc) is 2.39. The van der Waals surface area contributed by atoms with Crippen LogP contribution in [0.4, 0.5) is 0 Å². The minimum Gasteiger partial charge on any atom is -0.396 e. The Bertz CT molecular complexity index is 323. The summed E-state index contributed by atoms with van der Waals surface area (Å²) in [4.78, 5) is 9.46. The van der Waals surface area contributed by atoms with E-state index in [1.807, 2.05) is 0 Å². The minimum atomic E-state index is -4.53. The van der Waals surface area contributed by atoms with Gasteiger partial charge >= 0.3 is 15.6 Å². The van der Waals surface area contributed by atoms with Crippen molar-refractivity contribution in [2.75, 3.05) is 26.4 Å². The van der Waals surface area contributed by atoms with Gasteiger partial charge in [0.05, 0.1) is 19.8 Å². The van der Waals surface area contributed by atoms with Crippen LogP contribution in [-0.2, 0) is 27.0 Å². The Hall–Kier alpha value is 0.220. The van der Waals surface area contributed by atoms with Gasteiger partial charge in [-0.05, 0) is 25.7 Å². The van der Waals surface area contributed by atoms with Crippen LogP contribution in [0, 0.1) is 0 Å². The molecule has 0 fully saturated rings. The number of hydrogen-bond acceptors (Lipinski definition) is 7. The molecule has 122 valence electrons. The number of aliphatic hydroxyl groups excluding tert-OH is 1. The zero-order valence-corrected chi connectivity index (χ0v) is 13.7. The third-order valence-corrected chi connectivity index (χ3v) is 5.05. The molecule has 0 aromatic carbocycles. The summed E-state index contributed by atoms with van der Waals surface area (Å²) < 4.78 is 42.7. The van der Waals surface area contributed by atoms with Crippen molar-refractivity contribution in [3.05, 3.63) is 0 Å². The number of phosphoric ester groups is 2. The first-order valence-corrected chi connectivity index (χ1v) is 9.53. The van der Waals surface area contributed by atoms with Gasteiger partial charge in [0.1, 0.15) is 0 Å². The van der Waals surface area contributed by atoms with E-state index in [1.165, 1.54) is 0 Å². The van der Waals surface area contributed by atoms with Crippen molar-refractivity contribution < 1.29 is 37.0 Å². The van der Waals surface area contributed by atoms with E-state index >= 15 is 0 Å². The maximum atomic E-state index is 12.1. The molecule has 0 aromatic heterocycles. The molecule has 1 atom stereocenters. The van der Waals surface area contributed by atoms with Crippen molar-refractivity contribution in [3.8, 4) is 0 Å². The maximum Gasteiger partial charge on any atom is 0.483 e. The van der Waals surface area contributed by atoms with Gasteiger partial charge in [-0.3, -0.25) is 13.6 Å². The molecule has 0 aliphatic rings. The molecule has 10 heteroatoms. The van der Waals surface area contributed by atoms with Crippen LogP contribution in [0.15, 0.2) is 0 Å². The van der Waals surface area contributed by atoms with Gasteiger partial charge in [0, 0.05) is 6.61 Å². The largest absolute Gasteiger partial charge is 0.483 e. The molecule has 8 nitrogen and oxygen atoms in total. The summed E-state index contributed by atoms with van der Waals surface area (Å²) >= 11 is 0. The topological polar surface area (TPSA) is 112 Å². The molecule has 0 saturated heterocycles. The lowest BCUT2D eigenvalue weighted by atomic mass is 10.3. The normalized spacial score (nSPS) is 15.2. The monoisotopic (exact) mass is 334 g/mol. The smallest absolute Gasteiger partial charge is 0.396 e. The molecule has 1 unspecified atom stereocenters. The van der Waals surface area contributed by atoms with Gasteiger partial charge in [0.25, 0.3) is 0 Å². The highest BCUT2D eigenvalue weighted by Gasteiger charge is 2.37. The summed E-state index contributed by atoms with van der Waals surface area (Å²) in [6.45, 7) is 3.58. The van der Waals surface area contributed by atoms with Crippen molar-refractivity contribution in [1.29, 1.82) is 0 Å². The molecule has 0 bridgehead atoms. The van der Waals surface area contributed by atoms with Crippen molar-refractivity contribution in [2.45, 2.75) is 39.5 Å². The van der Waals surface area contributed by atoms with E-state index in [1.54, 1.807) is 13.8 Å². The van der Waals surface area contributed by atoms with Crippen LogP contribution < -0.4 is 0 Å². The fraction of sp³-hybridized carbons (Fsp3) is 1.00. The highest BCUT2D eigenvalue weighted by molar-refractivity contribution is 7.61. The molecule has 0 heterocycles. The first kappa shape index (κ1) is 20.2. The van der Waals surface area contributed by atoms with E-state index in [-0.39, 0.29) is 26.4 Å². The van der Waals surface area contributed by atoms with Crippen molar-refractivity contribution in [3.63, 3.8) is 0 Å². The Morgan fingerprint density at radius 2 is 1.45 bits per heavy atom. The molecule has 2 N–H and O–H groups in total. The average molecular weight is 334 g/mol. The van der Waals surface area contributed by atoms with E-state index in [9.17, 15) is 14.0 Å². The van der Waals surface area contributed by atoms with Gasteiger partial charge in [-0.25, -0.2) is 9.13 Å². The van der Waals surface area contributed by atoms with Crippen LogP contribution in [0.1, 0.15) is 39.5 Å². The first-order valence-electron chi connectivity index (χ1n) is 6.57. The lowest BCUT2D eigenvalue weighted by Gasteiger charge is -2.19. The SMILES string of the molecule is CCCOP(=O)(OCCC)OP(=O)(O)OCCCCO. The zero-order valence-electron chi connectivity index (χ0n) is 11.9. The number of unbranched alkanes of at least 4 members (excludes halogenated alkanes) is 1. The van der Waals surface area contributed by atoms with Crippen LogP contribution in [0.2, 0.25) is 0 Å². The number of aliphatic hydroxyl groups is 1. The molecule has 0 rings (SSSR count). The van der Waals surface area contributed by atoms with Gasteiger partial charge in [-0.15, -0.1) is 0 Å². The van der Waals surface area contributed by atoms with Crippen LogP contribution >= 0.6 is 15.6 Å². The second kappa shape index (κ2) is 10.9. The molecule has 0 spiro atoms. The number of phosphoric acid groups is 2. The Morgan fingerprint density at radius 1 is 0.900 bits per heavy atom. The lowest BCUT2D eigenvalue weighted by molar-refractivity contribution is 0.125.